The Morgan fingerprint density at radius 2 is 2.11 bits per heavy atom. The minimum atomic E-state index is -0.414. The van der Waals surface area contributed by atoms with Crippen molar-refractivity contribution in [1.29, 1.82) is 0 Å². The smallest absolute Gasteiger partial charge is 0.239 e. The third kappa shape index (κ3) is 4.35. The molecule has 0 saturated carbocycles. The topological polar surface area (TPSA) is 52.6 Å². The van der Waals surface area contributed by atoms with Gasteiger partial charge in [0.25, 0.3) is 0 Å². The lowest BCUT2D eigenvalue weighted by Crippen LogP contribution is -2.41. The normalized spacial score (nSPS) is 21.8. The highest BCUT2D eigenvalue weighted by Crippen LogP contribution is 2.13. The summed E-state index contributed by atoms with van der Waals surface area (Å²) in [6.07, 6.45) is 0.0759. The highest BCUT2D eigenvalue weighted by Gasteiger charge is 2.29. The van der Waals surface area contributed by atoms with Crippen molar-refractivity contribution in [3.05, 3.63) is 34.9 Å². The molecule has 6 heteroatoms. The molecule has 1 aromatic rings. The van der Waals surface area contributed by atoms with E-state index in [1.54, 1.807) is 11.9 Å². The van der Waals surface area contributed by atoms with Gasteiger partial charge in [-0.1, -0.05) is 23.7 Å². The molecule has 2 unspecified atom stereocenters. The van der Waals surface area contributed by atoms with Crippen LogP contribution >= 0.6 is 24.0 Å². The molecule has 1 heterocycles. The van der Waals surface area contributed by atoms with E-state index in [2.05, 4.69) is 5.32 Å². The molecule has 0 radical (unpaired) electrons. The van der Waals surface area contributed by atoms with E-state index < -0.39 is 6.10 Å². The number of aliphatic hydroxyl groups is 1. The van der Waals surface area contributed by atoms with Crippen LogP contribution in [0.15, 0.2) is 24.3 Å². The summed E-state index contributed by atoms with van der Waals surface area (Å²) >= 11 is 5.81. The van der Waals surface area contributed by atoms with Crippen LogP contribution in [0.5, 0.6) is 0 Å². The number of amides is 1. The molecule has 106 valence electrons. The lowest BCUT2D eigenvalue weighted by Gasteiger charge is -2.21. The van der Waals surface area contributed by atoms with Crippen molar-refractivity contribution in [2.45, 2.75) is 25.1 Å². The first kappa shape index (κ1) is 16.2. The monoisotopic (exact) mass is 304 g/mol. The molecule has 2 atom stereocenters. The summed E-state index contributed by atoms with van der Waals surface area (Å²) in [6, 6.07) is 7.17. The SMILES string of the molecule is CN(Cc1ccc(Cl)cc1)C(=O)C1CC(O)CN1.Cl. The Hall–Kier alpha value is -0.810. The number of nitrogens with zero attached hydrogens (tertiary/aromatic N) is 1. The summed E-state index contributed by atoms with van der Waals surface area (Å²) in [7, 11) is 1.77. The predicted octanol–water partition coefficient (Wildman–Crippen LogP) is 1.44. The average molecular weight is 305 g/mol. The van der Waals surface area contributed by atoms with Crippen molar-refractivity contribution in [2.24, 2.45) is 0 Å². The number of β-amino-alcohol motifs (C(OH)–C–C–N with tert-alkyl or cyclic N) is 1. The molecule has 2 N–H and O–H groups in total. The first-order chi connectivity index (χ1) is 8.56. The largest absolute Gasteiger partial charge is 0.392 e. The van der Waals surface area contributed by atoms with E-state index in [9.17, 15) is 9.90 Å². The molecule has 1 aromatic carbocycles. The Kier molecular flexibility index (Phi) is 6.07. The zero-order chi connectivity index (χ0) is 13.1. The van der Waals surface area contributed by atoms with Crippen LogP contribution in [0.1, 0.15) is 12.0 Å². The molecular formula is C13H18Cl2N2O2. The molecule has 0 aliphatic carbocycles. The van der Waals surface area contributed by atoms with Crippen molar-refractivity contribution in [2.75, 3.05) is 13.6 Å². The van der Waals surface area contributed by atoms with Crippen LogP contribution in [0.3, 0.4) is 0 Å². The van der Waals surface area contributed by atoms with Crippen molar-refractivity contribution in [1.82, 2.24) is 10.2 Å². The second-order valence-electron chi connectivity index (χ2n) is 4.67. The van der Waals surface area contributed by atoms with Gasteiger partial charge in [-0.3, -0.25) is 4.79 Å². The van der Waals surface area contributed by atoms with E-state index in [1.165, 1.54) is 0 Å². The molecule has 0 spiro atoms. The van der Waals surface area contributed by atoms with Gasteiger partial charge in [0.15, 0.2) is 0 Å². The van der Waals surface area contributed by atoms with Crippen molar-refractivity contribution in [3.8, 4) is 0 Å². The second kappa shape index (κ2) is 7.10. The van der Waals surface area contributed by atoms with Gasteiger partial charge in [0.05, 0.1) is 12.1 Å². The Labute approximate surface area is 124 Å². The second-order valence-corrected chi connectivity index (χ2v) is 5.11. The molecule has 2 rings (SSSR count). The zero-order valence-electron chi connectivity index (χ0n) is 10.7. The minimum Gasteiger partial charge on any atom is -0.392 e. The molecule has 0 bridgehead atoms. The van der Waals surface area contributed by atoms with E-state index >= 15 is 0 Å². The van der Waals surface area contributed by atoms with Gasteiger partial charge in [-0.05, 0) is 24.1 Å². The number of hydrogen-bond acceptors (Lipinski definition) is 3. The van der Waals surface area contributed by atoms with Crippen LogP contribution in [-0.4, -0.2) is 41.7 Å². The highest BCUT2D eigenvalue weighted by atomic mass is 35.5. The lowest BCUT2D eigenvalue weighted by atomic mass is 10.1. The molecule has 1 saturated heterocycles. The fourth-order valence-corrected chi connectivity index (χ4v) is 2.24. The molecular weight excluding hydrogens is 287 g/mol. The van der Waals surface area contributed by atoms with Crippen LogP contribution in [0.25, 0.3) is 0 Å². The van der Waals surface area contributed by atoms with Gasteiger partial charge in [-0.25, -0.2) is 0 Å². The van der Waals surface area contributed by atoms with Gasteiger partial charge in [0.1, 0.15) is 0 Å². The summed E-state index contributed by atoms with van der Waals surface area (Å²) in [5.41, 5.74) is 1.04. The van der Waals surface area contributed by atoms with Crippen molar-refractivity contribution < 1.29 is 9.90 Å². The van der Waals surface area contributed by atoms with Gasteiger partial charge in [0, 0.05) is 25.2 Å². The molecule has 0 aromatic heterocycles. The van der Waals surface area contributed by atoms with E-state index in [4.69, 9.17) is 11.6 Å². The predicted molar refractivity (Wildman–Crippen MR) is 77.6 cm³/mol. The number of carbonyl (C=O) groups excluding carboxylic acids is 1. The number of hydrogen-bond donors (Lipinski definition) is 2. The molecule has 19 heavy (non-hydrogen) atoms. The molecule has 4 nitrogen and oxygen atoms in total. The molecule has 1 fully saturated rings. The summed E-state index contributed by atoms with van der Waals surface area (Å²) < 4.78 is 0. The number of aliphatic hydroxyl groups excluding tert-OH is 1. The first-order valence-electron chi connectivity index (χ1n) is 5.97. The summed E-state index contributed by atoms with van der Waals surface area (Å²) in [5, 5.41) is 13.1. The Morgan fingerprint density at radius 3 is 2.63 bits per heavy atom. The fourth-order valence-electron chi connectivity index (χ4n) is 2.11. The maximum atomic E-state index is 12.1. The number of carbonyl (C=O) groups is 1. The van der Waals surface area contributed by atoms with Crippen LogP contribution < -0.4 is 5.32 Å². The van der Waals surface area contributed by atoms with E-state index in [1.807, 2.05) is 24.3 Å². The standard InChI is InChI=1S/C13H17ClN2O2.ClH/c1-16(8-9-2-4-10(14)5-3-9)13(18)12-6-11(17)7-15-12;/h2-5,11-12,15,17H,6-8H2,1H3;1H. The molecule has 1 amide bonds. The number of nitrogens with one attached hydrogen (secondary N) is 1. The van der Waals surface area contributed by atoms with Gasteiger partial charge < -0.3 is 15.3 Å². The highest BCUT2D eigenvalue weighted by molar-refractivity contribution is 6.30. The average Bonchev–Trinajstić information content (AvgIpc) is 2.78. The first-order valence-corrected chi connectivity index (χ1v) is 6.35. The van der Waals surface area contributed by atoms with Gasteiger partial charge in [-0.15, -0.1) is 12.4 Å². The summed E-state index contributed by atoms with van der Waals surface area (Å²) in [4.78, 5) is 13.8. The molecule has 1 aliphatic heterocycles. The Balaban J connectivity index is 0.00000180. The quantitative estimate of drug-likeness (QED) is 0.888. The van der Waals surface area contributed by atoms with Crippen molar-refractivity contribution in [3.63, 3.8) is 0 Å². The third-order valence-electron chi connectivity index (χ3n) is 3.11. The number of benzene rings is 1. The van der Waals surface area contributed by atoms with Crippen LogP contribution in [0, 0.1) is 0 Å². The summed E-state index contributed by atoms with van der Waals surface area (Å²) in [6.45, 7) is 1.04. The van der Waals surface area contributed by atoms with E-state index in [-0.39, 0.29) is 24.4 Å². The third-order valence-corrected chi connectivity index (χ3v) is 3.37. The maximum Gasteiger partial charge on any atom is 0.239 e. The van der Waals surface area contributed by atoms with Crippen LogP contribution in [0.2, 0.25) is 5.02 Å². The summed E-state index contributed by atoms with van der Waals surface area (Å²) in [5.74, 6) is 0.0153. The number of rotatable bonds is 3. The lowest BCUT2D eigenvalue weighted by molar-refractivity contribution is -0.132. The van der Waals surface area contributed by atoms with Gasteiger partial charge in [-0.2, -0.15) is 0 Å². The zero-order valence-corrected chi connectivity index (χ0v) is 12.2. The van der Waals surface area contributed by atoms with Crippen LogP contribution in [-0.2, 0) is 11.3 Å². The number of likely N-dealkylation sites (N-methyl/N-ethyl adjacent to an activating group) is 1. The maximum absolute atomic E-state index is 12.1. The fraction of sp³-hybridized carbons (Fsp3) is 0.462. The van der Waals surface area contributed by atoms with Crippen LogP contribution in [0.4, 0.5) is 0 Å². The van der Waals surface area contributed by atoms with Gasteiger partial charge in [0.2, 0.25) is 5.91 Å². The van der Waals surface area contributed by atoms with E-state index in [0.717, 1.165) is 5.56 Å². The Bertz CT molecular complexity index is 425. The minimum absolute atomic E-state index is 0. The number of halogens is 2. The van der Waals surface area contributed by atoms with Gasteiger partial charge >= 0.3 is 0 Å². The molecule has 1 aliphatic rings. The van der Waals surface area contributed by atoms with E-state index in [0.29, 0.717) is 24.5 Å². The Morgan fingerprint density at radius 1 is 1.47 bits per heavy atom. The van der Waals surface area contributed by atoms with Crippen molar-refractivity contribution >= 4 is 29.9 Å².